The van der Waals surface area contributed by atoms with Crippen LogP contribution in [0, 0.1) is 5.92 Å². The van der Waals surface area contributed by atoms with Gasteiger partial charge in [-0.2, -0.15) is 0 Å². The van der Waals surface area contributed by atoms with E-state index in [0.717, 1.165) is 31.8 Å². The van der Waals surface area contributed by atoms with Crippen LogP contribution >= 0.6 is 0 Å². The standard InChI is InChI=1S/C18H29N3O3S/c1-3-5-15-6-4-12-21(13-11-15)14(2)18(22)20-16-7-9-17(10-8-16)25(19,23)24/h7-10,14-15H,3-6,11-13H2,1-2H3,(H,20,22)(H2,19,23,24). The molecule has 1 amide bonds. The predicted molar refractivity (Wildman–Crippen MR) is 99.7 cm³/mol. The number of likely N-dealkylation sites (tertiary alicyclic amines) is 1. The molecular weight excluding hydrogens is 338 g/mol. The lowest BCUT2D eigenvalue weighted by atomic mass is 9.96. The fraction of sp³-hybridized carbons (Fsp3) is 0.611. The van der Waals surface area contributed by atoms with Crippen LogP contribution in [0.15, 0.2) is 29.2 Å². The van der Waals surface area contributed by atoms with Gasteiger partial charge in [0, 0.05) is 5.69 Å². The number of amides is 1. The summed E-state index contributed by atoms with van der Waals surface area (Å²) in [6.07, 6.45) is 6.01. The van der Waals surface area contributed by atoms with E-state index < -0.39 is 10.0 Å². The van der Waals surface area contributed by atoms with Crippen molar-refractivity contribution in [2.75, 3.05) is 18.4 Å². The van der Waals surface area contributed by atoms with Crippen molar-refractivity contribution in [1.82, 2.24) is 4.90 Å². The molecule has 1 heterocycles. The SMILES string of the molecule is CCCC1CCCN(C(C)C(=O)Nc2ccc(S(N)(=O)=O)cc2)CC1. The minimum absolute atomic E-state index is 0.0352. The molecule has 0 saturated carbocycles. The van der Waals surface area contributed by atoms with Gasteiger partial charge in [-0.25, -0.2) is 13.6 Å². The van der Waals surface area contributed by atoms with Crippen molar-refractivity contribution >= 4 is 21.6 Å². The van der Waals surface area contributed by atoms with Gasteiger partial charge in [-0.3, -0.25) is 9.69 Å². The second-order valence-corrected chi connectivity index (χ2v) is 8.42. The van der Waals surface area contributed by atoms with E-state index in [2.05, 4.69) is 17.1 Å². The molecular formula is C18H29N3O3S. The number of benzene rings is 1. The summed E-state index contributed by atoms with van der Waals surface area (Å²) in [6, 6.07) is 5.71. The summed E-state index contributed by atoms with van der Waals surface area (Å²) in [5, 5.41) is 7.94. The number of nitrogens with two attached hydrogens (primary N) is 1. The summed E-state index contributed by atoms with van der Waals surface area (Å²) < 4.78 is 22.5. The van der Waals surface area contributed by atoms with Crippen molar-refractivity contribution in [3.05, 3.63) is 24.3 Å². The summed E-state index contributed by atoms with van der Waals surface area (Å²) >= 11 is 0. The Labute approximate surface area is 150 Å². The molecule has 0 radical (unpaired) electrons. The van der Waals surface area contributed by atoms with E-state index >= 15 is 0 Å². The fourth-order valence-corrected chi connectivity index (χ4v) is 3.93. The number of carbonyl (C=O) groups excluding carboxylic acids is 1. The summed E-state index contributed by atoms with van der Waals surface area (Å²) in [7, 11) is -3.72. The molecule has 1 aromatic rings. The van der Waals surface area contributed by atoms with Crippen LogP contribution in [0.25, 0.3) is 0 Å². The van der Waals surface area contributed by atoms with E-state index in [1.807, 2.05) is 6.92 Å². The lowest BCUT2D eigenvalue weighted by molar-refractivity contribution is -0.120. The Hall–Kier alpha value is -1.44. The zero-order chi connectivity index (χ0) is 18.4. The average molecular weight is 368 g/mol. The molecule has 140 valence electrons. The minimum atomic E-state index is -3.72. The molecule has 0 spiro atoms. The lowest BCUT2D eigenvalue weighted by Crippen LogP contribution is -2.42. The zero-order valence-corrected chi connectivity index (χ0v) is 15.9. The monoisotopic (exact) mass is 367 g/mol. The van der Waals surface area contributed by atoms with Crippen molar-refractivity contribution in [1.29, 1.82) is 0 Å². The first kappa shape index (κ1) is 19.9. The first-order chi connectivity index (χ1) is 11.8. The van der Waals surface area contributed by atoms with Gasteiger partial charge in [0.25, 0.3) is 0 Å². The molecule has 0 aliphatic carbocycles. The minimum Gasteiger partial charge on any atom is -0.325 e. The van der Waals surface area contributed by atoms with Crippen molar-refractivity contribution in [2.45, 2.75) is 56.9 Å². The highest BCUT2D eigenvalue weighted by Crippen LogP contribution is 2.23. The molecule has 1 aromatic carbocycles. The van der Waals surface area contributed by atoms with E-state index in [1.165, 1.54) is 31.4 Å². The number of rotatable bonds is 6. The number of nitrogens with one attached hydrogen (secondary N) is 1. The third-order valence-corrected chi connectivity index (χ3v) is 5.89. The highest BCUT2D eigenvalue weighted by molar-refractivity contribution is 7.89. The number of carbonyl (C=O) groups is 1. The highest BCUT2D eigenvalue weighted by atomic mass is 32.2. The van der Waals surface area contributed by atoms with Gasteiger partial charge in [-0.15, -0.1) is 0 Å². The molecule has 1 fully saturated rings. The summed E-state index contributed by atoms with van der Waals surface area (Å²) in [4.78, 5) is 14.8. The van der Waals surface area contributed by atoms with Crippen molar-refractivity contribution < 1.29 is 13.2 Å². The predicted octanol–water partition coefficient (Wildman–Crippen LogP) is 2.56. The van der Waals surface area contributed by atoms with E-state index in [-0.39, 0.29) is 16.8 Å². The molecule has 2 atom stereocenters. The van der Waals surface area contributed by atoms with Gasteiger partial charge >= 0.3 is 0 Å². The molecule has 2 rings (SSSR count). The van der Waals surface area contributed by atoms with Crippen LogP contribution in [0.4, 0.5) is 5.69 Å². The largest absolute Gasteiger partial charge is 0.325 e. The maximum absolute atomic E-state index is 12.5. The van der Waals surface area contributed by atoms with E-state index in [9.17, 15) is 13.2 Å². The van der Waals surface area contributed by atoms with E-state index in [0.29, 0.717) is 5.69 Å². The number of anilines is 1. The topological polar surface area (TPSA) is 92.5 Å². The summed E-state index contributed by atoms with van der Waals surface area (Å²) in [5.74, 6) is 0.702. The smallest absolute Gasteiger partial charge is 0.241 e. The van der Waals surface area contributed by atoms with Crippen molar-refractivity contribution in [2.24, 2.45) is 11.1 Å². The van der Waals surface area contributed by atoms with Crippen LogP contribution in [-0.4, -0.2) is 38.4 Å². The van der Waals surface area contributed by atoms with Crippen molar-refractivity contribution in [3.8, 4) is 0 Å². The second kappa shape index (κ2) is 8.78. The average Bonchev–Trinajstić information content (AvgIpc) is 2.80. The molecule has 1 saturated heterocycles. The van der Waals surface area contributed by atoms with Gasteiger partial charge < -0.3 is 5.32 Å². The van der Waals surface area contributed by atoms with Crippen LogP contribution < -0.4 is 10.5 Å². The molecule has 1 aliphatic heterocycles. The molecule has 6 nitrogen and oxygen atoms in total. The van der Waals surface area contributed by atoms with Gasteiger partial charge in [0.15, 0.2) is 0 Å². The highest BCUT2D eigenvalue weighted by Gasteiger charge is 2.24. The van der Waals surface area contributed by atoms with Crippen LogP contribution in [0.1, 0.15) is 46.0 Å². The number of sulfonamides is 1. The number of hydrogen-bond donors (Lipinski definition) is 2. The normalized spacial score (nSPS) is 20.7. The lowest BCUT2D eigenvalue weighted by Gasteiger charge is -2.26. The Balaban J connectivity index is 1.93. The third kappa shape index (κ3) is 5.80. The van der Waals surface area contributed by atoms with Crippen LogP contribution in [0.5, 0.6) is 0 Å². The zero-order valence-electron chi connectivity index (χ0n) is 15.1. The Bertz CT molecular complexity index is 673. The molecule has 2 unspecified atom stereocenters. The van der Waals surface area contributed by atoms with Gasteiger partial charge in [-0.1, -0.05) is 19.8 Å². The molecule has 7 heteroatoms. The van der Waals surface area contributed by atoms with Crippen molar-refractivity contribution in [3.63, 3.8) is 0 Å². The fourth-order valence-electron chi connectivity index (χ4n) is 3.41. The maximum Gasteiger partial charge on any atom is 0.241 e. The van der Waals surface area contributed by atoms with E-state index in [4.69, 9.17) is 5.14 Å². The molecule has 3 N–H and O–H groups in total. The Morgan fingerprint density at radius 1 is 1.28 bits per heavy atom. The van der Waals surface area contributed by atoms with Crippen LogP contribution in [-0.2, 0) is 14.8 Å². The van der Waals surface area contributed by atoms with Gasteiger partial charge in [0.2, 0.25) is 15.9 Å². The molecule has 0 aromatic heterocycles. The number of primary sulfonamides is 1. The summed E-state index contributed by atoms with van der Waals surface area (Å²) in [5.41, 5.74) is 0.572. The Kier molecular flexibility index (Phi) is 6.98. The first-order valence-electron chi connectivity index (χ1n) is 8.99. The van der Waals surface area contributed by atoms with Gasteiger partial charge in [0.05, 0.1) is 10.9 Å². The molecule has 0 bridgehead atoms. The Morgan fingerprint density at radius 2 is 1.96 bits per heavy atom. The Morgan fingerprint density at radius 3 is 2.56 bits per heavy atom. The third-order valence-electron chi connectivity index (χ3n) is 4.96. The quantitative estimate of drug-likeness (QED) is 0.808. The summed E-state index contributed by atoms with van der Waals surface area (Å²) in [6.45, 7) is 6.04. The number of nitrogens with zero attached hydrogens (tertiary/aromatic N) is 1. The second-order valence-electron chi connectivity index (χ2n) is 6.86. The van der Waals surface area contributed by atoms with Crippen LogP contribution in [0.2, 0.25) is 0 Å². The molecule has 25 heavy (non-hydrogen) atoms. The van der Waals surface area contributed by atoms with E-state index in [1.54, 1.807) is 12.1 Å². The number of hydrogen-bond acceptors (Lipinski definition) is 4. The van der Waals surface area contributed by atoms with Gasteiger partial charge in [-0.05, 0) is 69.5 Å². The first-order valence-corrected chi connectivity index (χ1v) is 10.5. The van der Waals surface area contributed by atoms with Crippen LogP contribution in [0.3, 0.4) is 0 Å². The maximum atomic E-state index is 12.5. The molecule has 1 aliphatic rings. The van der Waals surface area contributed by atoms with Gasteiger partial charge in [0.1, 0.15) is 0 Å².